The summed E-state index contributed by atoms with van der Waals surface area (Å²) in [5.74, 6) is -0.606. The first-order valence-electron chi connectivity index (χ1n) is 6.84. The van der Waals surface area contributed by atoms with Gasteiger partial charge in [-0.05, 0) is 55.8 Å². The van der Waals surface area contributed by atoms with Crippen molar-refractivity contribution in [2.45, 2.75) is 26.0 Å². The Hall–Kier alpha value is -2.43. The normalized spacial score (nSPS) is 11.1. The predicted octanol–water partition coefficient (Wildman–Crippen LogP) is 3.44. The largest absolute Gasteiger partial charge is 0.478 e. The van der Waals surface area contributed by atoms with Crippen molar-refractivity contribution in [1.82, 2.24) is 5.32 Å². The fourth-order valence-corrected chi connectivity index (χ4v) is 1.84. The van der Waals surface area contributed by atoms with Gasteiger partial charge in [0.2, 0.25) is 0 Å². The summed E-state index contributed by atoms with van der Waals surface area (Å²) >= 11 is 0. The van der Waals surface area contributed by atoms with Crippen molar-refractivity contribution >= 4 is 5.91 Å². The van der Waals surface area contributed by atoms with E-state index in [0.29, 0.717) is 5.75 Å². The second-order valence-electron chi connectivity index (χ2n) is 5.38. The summed E-state index contributed by atoms with van der Waals surface area (Å²) in [6, 6.07) is 11.3. The number of rotatable bonds is 5. The van der Waals surface area contributed by atoms with E-state index < -0.39 is 5.60 Å². The summed E-state index contributed by atoms with van der Waals surface area (Å²) in [5.41, 5.74) is -0.329. The molecule has 0 aliphatic heterocycles. The molecule has 0 atom stereocenters. The van der Waals surface area contributed by atoms with Crippen LogP contribution in [-0.4, -0.2) is 11.5 Å². The van der Waals surface area contributed by atoms with Gasteiger partial charge in [0.25, 0.3) is 5.91 Å². The Balaban J connectivity index is 1.94. The predicted molar refractivity (Wildman–Crippen MR) is 79.4 cm³/mol. The standard InChI is InChI=1S/C17H17F2NO2/c1-17(2,22-15-9-7-14(19)8-10-15)16(21)20-11-12-3-5-13(18)6-4-12/h3-10H,11H2,1-2H3,(H,20,21). The Morgan fingerprint density at radius 3 is 2.05 bits per heavy atom. The van der Waals surface area contributed by atoms with Gasteiger partial charge in [-0.2, -0.15) is 0 Å². The third kappa shape index (κ3) is 4.28. The maximum atomic E-state index is 12.9. The Bertz CT molecular complexity index is 637. The van der Waals surface area contributed by atoms with Crippen molar-refractivity contribution < 1.29 is 18.3 Å². The average Bonchev–Trinajstić information content (AvgIpc) is 2.48. The highest BCUT2D eigenvalue weighted by Crippen LogP contribution is 2.19. The molecule has 22 heavy (non-hydrogen) atoms. The first kappa shape index (κ1) is 15.9. The molecule has 0 saturated carbocycles. The van der Waals surface area contributed by atoms with Gasteiger partial charge in [-0.15, -0.1) is 0 Å². The summed E-state index contributed by atoms with van der Waals surface area (Å²) in [6.45, 7) is 3.52. The van der Waals surface area contributed by atoms with Gasteiger partial charge in [0.05, 0.1) is 0 Å². The summed E-state index contributed by atoms with van der Waals surface area (Å²) in [6.07, 6.45) is 0. The Morgan fingerprint density at radius 1 is 1.00 bits per heavy atom. The number of benzene rings is 2. The lowest BCUT2D eigenvalue weighted by atomic mass is 10.1. The molecule has 0 spiro atoms. The minimum Gasteiger partial charge on any atom is -0.478 e. The maximum absolute atomic E-state index is 12.9. The second-order valence-corrected chi connectivity index (χ2v) is 5.38. The summed E-state index contributed by atoms with van der Waals surface area (Å²) in [4.78, 5) is 12.2. The molecule has 0 aliphatic carbocycles. The highest BCUT2D eigenvalue weighted by molar-refractivity contribution is 5.84. The molecule has 5 heteroatoms. The van der Waals surface area contributed by atoms with Gasteiger partial charge in [0, 0.05) is 6.54 Å². The van der Waals surface area contributed by atoms with Crippen molar-refractivity contribution in [3.8, 4) is 5.75 Å². The first-order valence-corrected chi connectivity index (χ1v) is 6.84. The van der Waals surface area contributed by atoms with Crippen LogP contribution in [0.3, 0.4) is 0 Å². The zero-order valence-electron chi connectivity index (χ0n) is 12.4. The van der Waals surface area contributed by atoms with Gasteiger partial charge < -0.3 is 10.1 Å². The molecular weight excluding hydrogens is 288 g/mol. The van der Waals surface area contributed by atoms with Crippen molar-refractivity contribution in [2.24, 2.45) is 0 Å². The van der Waals surface area contributed by atoms with E-state index in [2.05, 4.69) is 5.32 Å². The van der Waals surface area contributed by atoms with Gasteiger partial charge in [0.1, 0.15) is 17.4 Å². The van der Waals surface area contributed by atoms with Crippen LogP contribution >= 0.6 is 0 Å². The van der Waals surface area contributed by atoms with Crippen LogP contribution in [0.5, 0.6) is 5.75 Å². The fraction of sp³-hybridized carbons (Fsp3) is 0.235. The number of amides is 1. The molecule has 0 saturated heterocycles. The molecule has 2 aromatic carbocycles. The lowest BCUT2D eigenvalue weighted by Gasteiger charge is -2.25. The van der Waals surface area contributed by atoms with Crippen LogP contribution in [0.1, 0.15) is 19.4 Å². The van der Waals surface area contributed by atoms with Crippen LogP contribution in [0.25, 0.3) is 0 Å². The summed E-state index contributed by atoms with van der Waals surface area (Å²) < 4.78 is 31.3. The van der Waals surface area contributed by atoms with E-state index in [1.165, 1.54) is 36.4 Å². The maximum Gasteiger partial charge on any atom is 0.263 e. The SMILES string of the molecule is CC(C)(Oc1ccc(F)cc1)C(=O)NCc1ccc(F)cc1. The average molecular weight is 305 g/mol. The monoisotopic (exact) mass is 305 g/mol. The quantitative estimate of drug-likeness (QED) is 0.919. The van der Waals surface area contributed by atoms with Gasteiger partial charge in [-0.3, -0.25) is 4.79 Å². The summed E-state index contributed by atoms with van der Waals surface area (Å²) in [7, 11) is 0. The molecular formula is C17H17F2NO2. The number of nitrogens with one attached hydrogen (secondary N) is 1. The molecule has 0 heterocycles. The Kier molecular flexibility index (Phi) is 4.75. The molecule has 1 amide bonds. The number of hydrogen-bond acceptors (Lipinski definition) is 2. The molecule has 0 aromatic heterocycles. The van der Waals surface area contributed by atoms with E-state index in [1.54, 1.807) is 26.0 Å². The molecule has 0 radical (unpaired) electrons. The Morgan fingerprint density at radius 2 is 1.50 bits per heavy atom. The first-order chi connectivity index (χ1) is 10.4. The van der Waals surface area contributed by atoms with Crippen LogP contribution in [0.2, 0.25) is 0 Å². The van der Waals surface area contributed by atoms with E-state index in [9.17, 15) is 13.6 Å². The molecule has 1 N–H and O–H groups in total. The van der Waals surface area contributed by atoms with E-state index in [1.807, 2.05) is 0 Å². The van der Waals surface area contributed by atoms with E-state index in [-0.39, 0.29) is 24.1 Å². The van der Waals surface area contributed by atoms with Crippen LogP contribution < -0.4 is 10.1 Å². The number of ether oxygens (including phenoxy) is 1. The third-order valence-corrected chi connectivity index (χ3v) is 3.10. The third-order valence-electron chi connectivity index (χ3n) is 3.10. The molecule has 0 fully saturated rings. The number of hydrogen-bond donors (Lipinski definition) is 1. The van der Waals surface area contributed by atoms with Crippen molar-refractivity contribution in [2.75, 3.05) is 0 Å². The topological polar surface area (TPSA) is 38.3 Å². The zero-order chi connectivity index (χ0) is 16.2. The van der Waals surface area contributed by atoms with Crippen molar-refractivity contribution in [3.05, 3.63) is 65.7 Å². The van der Waals surface area contributed by atoms with Crippen molar-refractivity contribution in [1.29, 1.82) is 0 Å². The number of carbonyl (C=O) groups excluding carboxylic acids is 1. The zero-order valence-corrected chi connectivity index (χ0v) is 12.4. The van der Waals surface area contributed by atoms with E-state index >= 15 is 0 Å². The number of halogens is 2. The van der Waals surface area contributed by atoms with Gasteiger partial charge in [0.15, 0.2) is 5.60 Å². The molecule has 116 valence electrons. The lowest BCUT2D eigenvalue weighted by molar-refractivity contribution is -0.134. The van der Waals surface area contributed by atoms with Crippen LogP contribution in [0.15, 0.2) is 48.5 Å². The molecule has 0 unspecified atom stereocenters. The fourth-order valence-electron chi connectivity index (χ4n) is 1.84. The van der Waals surface area contributed by atoms with Gasteiger partial charge in [-0.1, -0.05) is 12.1 Å². The van der Waals surface area contributed by atoms with E-state index in [4.69, 9.17) is 4.74 Å². The summed E-state index contributed by atoms with van der Waals surface area (Å²) in [5, 5.41) is 2.73. The van der Waals surface area contributed by atoms with E-state index in [0.717, 1.165) is 5.56 Å². The molecule has 2 rings (SSSR count). The van der Waals surface area contributed by atoms with Gasteiger partial charge >= 0.3 is 0 Å². The molecule has 0 aliphatic rings. The number of carbonyl (C=O) groups is 1. The molecule has 3 nitrogen and oxygen atoms in total. The highest BCUT2D eigenvalue weighted by Gasteiger charge is 2.29. The minimum atomic E-state index is -1.11. The van der Waals surface area contributed by atoms with Crippen LogP contribution in [-0.2, 0) is 11.3 Å². The van der Waals surface area contributed by atoms with Gasteiger partial charge in [-0.25, -0.2) is 8.78 Å². The lowest BCUT2D eigenvalue weighted by Crippen LogP contribution is -2.46. The van der Waals surface area contributed by atoms with Crippen LogP contribution in [0, 0.1) is 11.6 Å². The highest BCUT2D eigenvalue weighted by atomic mass is 19.1. The van der Waals surface area contributed by atoms with Crippen molar-refractivity contribution in [3.63, 3.8) is 0 Å². The Labute approximate surface area is 127 Å². The second kappa shape index (κ2) is 6.56. The minimum absolute atomic E-state index is 0.273. The van der Waals surface area contributed by atoms with Crippen LogP contribution in [0.4, 0.5) is 8.78 Å². The molecule has 2 aromatic rings. The molecule has 0 bridgehead atoms. The smallest absolute Gasteiger partial charge is 0.263 e.